The van der Waals surface area contributed by atoms with Crippen LogP contribution in [0.1, 0.15) is 31.2 Å². The number of nitrogens with one attached hydrogen (secondary N) is 1. The Hall–Kier alpha value is -0.540. The summed E-state index contributed by atoms with van der Waals surface area (Å²) in [6.07, 6.45) is 6.60. The molecule has 1 fully saturated rings. The van der Waals surface area contributed by atoms with E-state index in [1.165, 1.54) is 12.8 Å². The molecule has 1 aliphatic rings. The molecule has 0 radical (unpaired) electrons. The summed E-state index contributed by atoms with van der Waals surface area (Å²) in [6, 6.07) is 0. The van der Waals surface area contributed by atoms with E-state index in [-0.39, 0.29) is 5.41 Å². The van der Waals surface area contributed by atoms with Crippen molar-refractivity contribution in [2.24, 2.45) is 5.73 Å². The average molecular weight is 200 g/mol. The minimum Gasteiger partial charge on any atom is -0.330 e. The molecule has 0 saturated heterocycles. The zero-order valence-corrected chi connectivity index (χ0v) is 8.27. The highest BCUT2D eigenvalue weighted by molar-refractivity contribution is 6.30. The Morgan fingerprint density at radius 3 is 2.69 bits per heavy atom. The number of halogens is 1. The molecular formula is C9H14ClN3. The summed E-state index contributed by atoms with van der Waals surface area (Å²) in [7, 11) is 0. The molecule has 13 heavy (non-hydrogen) atoms. The van der Waals surface area contributed by atoms with E-state index in [4.69, 9.17) is 17.3 Å². The van der Waals surface area contributed by atoms with Gasteiger partial charge in [0, 0.05) is 17.5 Å². The van der Waals surface area contributed by atoms with Crippen LogP contribution in [0, 0.1) is 0 Å². The maximum atomic E-state index is 6.01. The number of aromatic amines is 1. The van der Waals surface area contributed by atoms with Gasteiger partial charge in [-0.2, -0.15) is 5.10 Å². The van der Waals surface area contributed by atoms with E-state index in [1.807, 2.05) is 6.20 Å². The fourth-order valence-corrected chi connectivity index (χ4v) is 2.57. The Labute approximate surface area is 82.7 Å². The van der Waals surface area contributed by atoms with Crippen LogP contribution >= 0.6 is 11.6 Å². The Bertz CT molecular complexity index is 289. The number of hydrogen-bond acceptors (Lipinski definition) is 2. The van der Waals surface area contributed by atoms with Crippen molar-refractivity contribution in [1.29, 1.82) is 0 Å². The molecule has 1 aliphatic carbocycles. The lowest BCUT2D eigenvalue weighted by Crippen LogP contribution is -2.31. The second-order valence-corrected chi connectivity index (χ2v) is 4.17. The maximum absolute atomic E-state index is 6.01. The zero-order valence-electron chi connectivity index (χ0n) is 7.52. The maximum Gasteiger partial charge on any atom is 0.127 e. The van der Waals surface area contributed by atoms with Gasteiger partial charge in [-0.25, -0.2) is 0 Å². The summed E-state index contributed by atoms with van der Waals surface area (Å²) in [4.78, 5) is 0. The molecule has 4 heteroatoms. The van der Waals surface area contributed by atoms with Crippen LogP contribution < -0.4 is 5.73 Å². The van der Waals surface area contributed by atoms with Crippen LogP contribution in [0.25, 0.3) is 0 Å². The minimum absolute atomic E-state index is 0.101. The Balaban J connectivity index is 2.36. The molecule has 0 atom stereocenters. The van der Waals surface area contributed by atoms with Crippen molar-refractivity contribution in [3.05, 3.63) is 16.9 Å². The van der Waals surface area contributed by atoms with Crippen LogP contribution in [0.4, 0.5) is 0 Å². The van der Waals surface area contributed by atoms with E-state index in [0.717, 1.165) is 18.4 Å². The van der Waals surface area contributed by atoms with E-state index in [1.54, 1.807) is 0 Å². The second-order valence-electron chi connectivity index (χ2n) is 3.79. The van der Waals surface area contributed by atoms with Crippen LogP contribution in [-0.2, 0) is 5.41 Å². The average Bonchev–Trinajstić information content (AvgIpc) is 2.73. The first-order valence-electron chi connectivity index (χ1n) is 4.68. The molecule has 1 aromatic rings. The number of aromatic nitrogens is 2. The molecule has 1 aromatic heterocycles. The zero-order chi connectivity index (χ0) is 9.31. The molecule has 0 amide bonds. The first-order valence-corrected chi connectivity index (χ1v) is 5.06. The van der Waals surface area contributed by atoms with Crippen molar-refractivity contribution in [3.63, 3.8) is 0 Å². The first kappa shape index (κ1) is 9.03. The number of hydrogen-bond donors (Lipinski definition) is 2. The molecular weight excluding hydrogens is 186 g/mol. The van der Waals surface area contributed by atoms with E-state index < -0.39 is 0 Å². The van der Waals surface area contributed by atoms with Gasteiger partial charge in [-0.3, -0.25) is 5.10 Å². The third kappa shape index (κ3) is 1.36. The standard InChI is InChI=1S/C9H14ClN3/c10-8-7(5-12-13-8)9(6-11)3-1-2-4-9/h5H,1-4,6,11H2,(H,12,13). The minimum atomic E-state index is 0.101. The lowest BCUT2D eigenvalue weighted by Gasteiger charge is -2.26. The van der Waals surface area contributed by atoms with Crippen molar-refractivity contribution in [3.8, 4) is 0 Å². The van der Waals surface area contributed by atoms with Gasteiger partial charge in [0.05, 0.1) is 6.20 Å². The Morgan fingerprint density at radius 2 is 2.23 bits per heavy atom. The molecule has 0 aliphatic heterocycles. The monoisotopic (exact) mass is 199 g/mol. The predicted octanol–water partition coefficient (Wildman–Crippen LogP) is 1.83. The van der Waals surface area contributed by atoms with Gasteiger partial charge in [0.25, 0.3) is 0 Å². The summed E-state index contributed by atoms with van der Waals surface area (Å²) < 4.78 is 0. The highest BCUT2D eigenvalue weighted by Crippen LogP contribution is 2.42. The molecule has 3 nitrogen and oxygen atoms in total. The molecule has 0 bridgehead atoms. The van der Waals surface area contributed by atoms with Crippen molar-refractivity contribution in [2.45, 2.75) is 31.1 Å². The smallest absolute Gasteiger partial charge is 0.127 e. The van der Waals surface area contributed by atoms with Crippen LogP contribution in [0.5, 0.6) is 0 Å². The predicted molar refractivity (Wildman–Crippen MR) is 52.8 cm³/mol. The topological polar surface area (TPSA) is 54.7 Å². The van der Waals surface area contributed by atoms with Crippen molar-refractivity contribution >= 4 is 11.6 Å². The van der Waals surface area contributed by atoms with Crippen LogP contribution in [0.15, 0.2) is 6.20 Å². The summed E-state index contributed by atoms with van der Waals surface area (Å²) in [5, 5.41) is 7.37. The summed E-state index contributed by atoms with van der Waals surface area (Å²) in [6.45, 7) is 0.673. The van der Waals surface area contributed by atoms with Gasteiger partial charge in [-0.1, -0.05) is 24.4 Å². The van der Waals surface area contributed by atoms with Crippen LogP contribution in [0.3, 0.4) is 0 Å². The third-order valence-corrected chi connectivity index (χ3v) is 3.40. The SMILES string of the molecule is NCC1(c2cn[nH]c2Cl)CCCC1. The molecule has 2 rings (SSSR count). The van der Waals surface area contributed by atoms with Gasteiger partial charge in [0.1, 0.15) is 5.15 Å². The van der Waals surface area contributed by atoms with Gasteiger partial charge in [-0.05, 0) is 12.8 Å². The van der Waals surface area contributed by atoms with Crippen molar-refractivity contribution in [1.82, 2.24) is 10.2 Å². The quantitative estimate of drug-likeness (QED) is 0.764. The van der Waals surface area contributed by atoms with Gasteiger partial charge in [0.2, 0.25) is 0 Å². The summed E-state index contributed by atoms with van der Waals surface area (Å²) in [5.74, 6) is 0. The van der Waals surface area contributed by atoms with Crippen molar-refractivity contribution < 1.29 is 0 Å². The molecule has 1 saturated carbocycles. The van der Waals surface area contributed by atoms with Gasteiger partial charge >= 0.3 is 0 Å². The fraction of sp³-hybridized carbons (Fsp3) is 0.667. The molecule has 1 heterocycles. The summed E-state index contributed by atoms with van der Waals surface area (Å²) in [5.41, 5.74) is 7.04. The fourth-order valence-electron chi connectivity index (χ4n) is 2.28. The lowest BCUT2D eigenvalue weighted by molar-refractivity contribution is 0.453. The molecule has 0 unspecified atom stereocenters. The van der Waals surface area contributed by atoms with E-state index >= 15 is 0 Å². The van der Waals surface area contributed by atoms with Crippen LogP contribution in [-0.4, -0.2) is 16.7 Å². The highest BCUT2D eigenvalue weighted by atomic mass is 35.5. The molecule has 72 valence electrons. The Kier molecular flexibility index (Phi) is 2.30. The van der Waals surface area contributed by atoms with E-state index in [2.05, 4.69) is 10.2 Å². The van der Waals surface area contributed by atoms with E-state index in [9.17, 15) is 0 Å². The highest BCUT2D eigenvalue weighted by Gasteiger charge is 2.36. The van der Waals surface area contributed by atoms with Crippen LogP contribution in [0.2, 0.25) is 5.15 Å². The molecule has 0 spiro atoms. The van der Waals surface area contributed by atoms with E-state index in [0.29, 0.717) is 11.7 Å². The second kappa shape index (κ2) is 3.31. The van der Waals surface area contributed by atoms with Crippen molar-refractivity contribution in [2.75, 3.05) is 6.54 Å². The largest absolute Gasteiger partial charge is 0.330 e. The van der Waals surface area contributed by atoms with Gasteiger partial charge in [0.15, 0.2) is 0 Å². The lowest BCUT2D eigenvalue weighted by atomic mass is 9.81. The number of rotatable bonds is 2. The Morgan fingerprint density at radius 1 is 1.54 bits per heavy atom. The molecule has 3 N–H and O–H groups in total. The number of nitrogens with two attached hydrogens (primary N) is 1. The number of nitrogens with zero attached hydrogens (tertiary/aromatic N) is 1. The normalized spacial score (nSPS) is 20.8. The van der Waals surface area contributed by atoms with Gasteiger partial charge in [-0.15, -0.1) is 0 Å². The first-order chi connectivity index (χ1) is 6.28. The van der Waals surface area contributed by atoms with Gasteiger partial charge < -0.3 is 5.73 Å². The molecule has 0 aromatic carbocycles. The summed E-state index contributed by atoms with van der Waals surface area (Å²) >= 11 is 6.01. The third-order valence-electron chi connectivity index (χ3n) is 3.12. The number of H-pyrrole nitrogens is 1.